The highest BCUT2D eigenvalue weighted by Crippen LogP contribution is 2.28. The molecule has 0 aliphatic rings. The quantitative estimate of drug-likeness (QED) is 0.745. The average Bonchev–Trinajstić information content (AvgIpc) is 2.53. The van der Waals surface area contributed by atoms with Gasteiger partial charge in [-0.3, -0.25) is 0 Å². The third kappa shape index (κ3) is 4.01. The maximum Gasteiger partial charge on any atom is 0.0730 e. The lowest BCUT2D eigenvalue weighted by Gasteiger charge is -2.13. The zero-order chi connectivity index (χ0) is 15.5. The molecule has 1 aromatic heterocycles. The second kappa shape index (κ2) is 7.44. The molecule has 2 aromatic carbocycles. The number of benzene rings is 2. The van der Waals surface area contributed by atoms with Crippen LogP contribution < -0.4 is 5.32 Å². The summed E-state index contributed by atoms with van der Waals surface area (Å²) < 4.78 is 0. The Morgan fingerprint density at radius 1 is 1.09 bits per heavy atom. The molecule has 2 N–H and O–H groups in total. The minimum Gasteiger partial charge on any atom is -0.392 e. The first-order valence-corrected chi connectivity index (χ1v) is 7.52. The number of para-hydroxylation sites is 1. The Balaban J connectivity index is 0.00000192. The van der Waals surface area contributed by atoms with E-state index in [1.54, 1.807) is 6.92 Å². The van der Waals surface area contributed by atoms with E-state index in [4.69, 9.17) is 4.98 Å². The van der Waals surface area contributed by atoms with Crippen molar-refractivity contribution in [2.24, 2.45) is 0 Å². The zero-order valence-electron chi connectivity index (χ0n) is 13.3. The molecule has 0 radical (unpaired) electrons. The smallest absolute Gasteiger partial charge is 0.0730 e. The molecule has 1 unspecified atom stereocenters. The van der Waals surface area contributed by atoms with E-state index in [-0.39, 0.29) is 12.4 Å². The molecular weight excluding hydrogens is 308 g/mol. The maximum absolute atomic E-state index is 9.52. The Hall–Kier alpha value is -2.10. The van der Waals surface area contributed by atoms with Gasteiger partial charge in [-0.05, 0) is 26.0 Å². The van der Waals surface area contributed by atoms with Crippen LogP contribution in [0.25, 0.3) is 22.2 Å². The first-order chi connectivity index (χ1) is 10.6. The highest BCUT2D eigenvalue weighted by Gasteiger charge is 2.08. The van der Waals surface area contributed by atoms with E-state index in [0.29, 0.717) is 6.54 Å². The van der Waals surface area contributed by atoms with Crippen LogP contribution in [0.3, 0.4) is 0 Å². The van der Waals surface area contributed by atoms with E-state index in [2.05, 4.69) is 42.6 Å². The van der Waals surface area contributed by atoms with Gasteiger partial charge >= 0.3 is 0 Å². The summed E-state index contributed by atoms with van der Waals surface area (Å²) in [6, 6.07) is 18.5. The number of aliphatic hydroxyl groups excluding tert-OH is 1. The summed E-state index contributed by atoms with van der Waals surface area (Å²) in [5, 5.41) is 13.9. The Kier molecular flexibility index (Phi) is 5.59. The van der Waals surface area contributed by atoms with Crippen LogP contribution >= 0.6 is 12.4 Å². The second-order valence-corrected chi connectivity index (χ2v) is 5.67. The molecule has 0 aliphatic heterocycles. The van der Waals surface area contributed by atoms with E-state index in [9.17, 15) is 5.11 Å². The number of hydrogen-bond donors (Lipinski definition) is 2. The molecule has 0 saturated heterocycles. The third-order valence-electron chi connectivity index (χ3n) is 3.65. The van der Waals surface area contributed by atoms with Gasteiger partial charge < -0.3 is 10.4 Å². The summed E-state index contributed by atoms with van der Waals surface area (Å²) in [5.74, 6) is 0. The number of aryl methyl sites for hydroxylation is 1. The molecule has 4 heteroatoms. The van der Waals surface area contributed by atoms with E-state index in [1.165, 1.54) is 5.56 Å². The Morgan fingerprint density at radius 3 is 2.48 bits per heavy atom. The van der Waals surface area contributed by atoms with Crippen LogP contribution in [0, 0.1) is 6.92 Å². The van der Waals surface area contributed by atoms with Crippen LogP contribution in [0.5, 0.6) is 0 Å². The number of aliphatic hydroxyl groups is 1. The number of anilines is 1. The topological polar surface area (TPSA) is 45.1 Å². The largest absolute Gasteiger partial charge is 0.392 e. The summed E-state index contributed by atoms with van der Waals surface area (Å²) in [5.41, 5.74) is 5.22. The first-order valence-electron chi connectivity index (χ1n) is 7.52. The SMILES string of the molecule is Cc1ccc(-c2cc(NCC(C)O)c3ccccc3n2)cc1.Cl. The summed E-state index contributed by atoms with van der Waals surface area (Å²) in [4.78, 5) is 4.76. The van der Waals surface area contributed by atoms with Crippen molar-refractivity contribution in [1.29, 1.82) is 0 Å². The van der Waals surface area contributed by atoms with Crippen molar-refractivity contribution < 1.29 is 5.11 Å². The predicted octanol–water partition coefficient (Wildman–Crippen LogP) is 4.42. The van der Waals surface area contributed by atoms with Crippen molar-refractivity contribution in [2.45, 2.75) is 20.0 Å². The van der Waals surface area contributed by atoms with Crippen molar-refractivity contribution in [3.8, 4) is 11.3 Å². The van der Waals surface area contributed by atoms with E-state index in [1.807, 2.05) is 24.3 Å². The lowest BCUT2D eigenvalue weighted by Crippen LogP contribution is -2.15. The van der Waals surface area contributed by atoms with Gasteiger partial charge in [0.15, 0.2) is 0 Å². The molecule has 0 bridgehead atoms. The summed E-state index contributed by atoms with van der Waals surface area (Å²) in [6.07, 6.45) is -0.394. The standard InChI is InChI=1S/C19H20N2O.ClH/c1-13-7-9-15(10-8-13)18-11-19(20-12-14(2)22)16-5-3-4-6-17(16)21-18;/h3-11,14,22H,12H2,1-2H3,(H,20,21);1H. The number of nitrogens with one attached hydrogen (secondary N) is 1. The van der Waals surface area contributed by atoms with Gasteiger partial charge in [0.2, 0.25) is 0 Å². The van der Waals surface area contributed by atoms with Gasteiger partial charge in [0.05, 0.1) is 17.3 Å². The normalized spacial score (nSPS) is 11.8. The minimum absolute atomic E-state index is 0. The highest BCUT2D eigenvalue weighted by atomic mass is 35.5. The number of nitrogens with zero attached hydrogens (tertiary/aromatic N) is 1. The lowest BCUT2D eigenvalue weighted by atomic mass is 10.1. The van der Waals surface area contributed by atoms with Crippen LogP contribution in [0.4, 0.5) is 5.69 Å². The fourth-order valence-electron chi connectivity index (χ4n) is 2.45. The van der Waals surface area contributed by atoms with Gasteiger partial charge in [-0.2, -0.15) is 0 Å². The Morgan fingerprint density at radius 2 is 1.78 bits per heavy atom. The van der Waals surface area contributed by atoms with Crippen molar-refractivity contribution in [3.05, 3.63) is 60.2 Å². The number of halogens is 1. The zero-order valence-corrected chi connectivity index (χ0v) is 14.1. The monoisotopic (exact) mass is 328 g/mol. The van der Waals surface area contributed by atoms with E-state index in [0.717, 1.165) is 27.8 Å². The van der Waals surface area contributed by atoms with Crippen LogP contribution in [-0.2, 0) is 0 Å². The van der Waals surface area contributed by atoms with Gasteiger partial charge in [-0.25, -0.2) is 4.98 Å². The molecule has 1 atom stereocenters. The molecule has 0 spiro atoms. The molecule has 1 heterocycles. The Bertz CT molecular complexity index is 785. The molecule has 0 saturated carbocycles. The molecule has 120 valence electrons. The van der Waals surface area contributed by atoms with Crippen LogP contribution in [-0.4, -0.2) is 22.7 Å². The second-order valence-electron chi connectivity index (χ2n) is 5.67. The number of pyridine rings is 1. The van der Waals surface area contributed by atoms with Gasteiger partial charge in [0, 0.05) is 23.2 Å². The number of fused-ring (bicyclic) bond motifs is 1. The molecule has 0 aliphatic carbocycles. The van der Waals surface area contributed by atoms with Crippen molar-refractivity contribution in [2.75, 3.05) is 11.9 Å². The fourth-order valence-corrected chi connectivity index (χ4v) is 2.45. The molecule has 0 amide bonds. The molecule has 3 nitrogen and oxygen atoms in total. The summed E-state index contributed by atoms with van der Waals surface area (Å²) >= 11 is 0. The number of hydrogen-bond acceptors (Lipinski definition) is 3. The molecule has 3 aromatic rings. The highest BCUT2D eigenvalue weighted by molar-refractivity contribution is 5.93. The predicted molar refractivity (Wildman–Crippen MR) is 99.3 cm³/mol. The van der Waals surface area contributed by atoms with Crippen LogP contribution in [0.2, 0.25) is 0 Å². The number of rotatable bonds is 4. The maximum atomic E-state index is 9.52. The molecule has 0 fully saturated rings. The third-order valence-corrected chi connectivity index (χ3v) is 3.65. The summed E-state index contributed by atoms with van der Waals surface area (Å²) in [7, 11) is 0. The van der Waals surface area contributed by atoms with Crippen molar-refractivity contribution >= 4 is 29.0 Å². The summed E-state index contributed by atoms with van der Waals surface area (Å²) in [6.45, 7) is 4.37. The van der Waals surface area contributed by atoms with Crippen LogP contribution in [0.1, 0.15) is 12.5 Å². The van der Waals surface area contributed by atoms with E-state index < -0.39 is 6.10 Å². The van der Waals surface area contributed by atoms with Crippen LogP contribution in [0.15, 0.2) is 54.6 Å². The molecule has 3 rings (SSSR count). The van der Waals surface area contributed by atoms with Gasteiger partial charge in [0.1, 0.15) is 0 Å². The fraction of sp³-hybridized carbons (Fsp3) is 0.211. The number of aromatic nitrogens is 1. The average molecular weight is 329 g/mol. The van der Waals surface area contributed by atoms with Gasteiger partial charge in [-0.15, -0.1) is 12.4 Å². The van der Waals surface area contributed by atoms with Gasteiger partial charge in [-0.1, -0.05) is 48.0 Å². The molecule has 23 heavy (non-hydrogen) atoms. The van der Waals surface area contributed by atoms with E-state index >= 15 is 0 Å². The van der Waals surface area contributed by atoms with Crippen molar-refractivity contribution in [3.63, 3.8) is 0 Å². The molecular formula is C19H21ClN2O. The minimum atomic E-state index is -0.394. The van der Waals surface area contributed by atoms with Gasteiger partial charge in [0.25, 0.3) is 0 Å². The first kappa shape index (κ1) is 17.3. The lowest BCUT2D eigenvalue weighted by molar-refractivity contribution is 0.208. The van der Waals surface area contributed by atoms with Crippen molar-refractivity contribution in [1.82, 2.24) is 4.98 Å². The Labute approximate surface area is 142 Å².